The van der Waals surface area contributed by atoms with Crippen molar-refractivity contribution in [1.82, 2.24) is 40.4 Å². The number of phenolic OH excluding ortho intramolecular Hbond substituents is 1. The summed E-state index contributed by atoms with van der Waals surface area (Å²) in [6.45, 7) is 17.2. The lowest BCUT2D eigenvalue weighted by Crippen LogP contribution is -2.62. The second-order valence-corrected chi connectivity index (χ2v) is 20.8. The van der Waals surface area contributed by atoms with Crippen molar-refractivity contribution in [2.24, 2.45) is 17.3 Å². The topological polar surface area (TPSA) is 188 Å². The van der Waals surface area contributed by atoms with Gasteiger partial charge in [0.1, 0.15) is 23.9 Å². The van der Waals surface area contributed by atoms with E-state index in [1.807, 2.05) is 39.0 Å². The molecule has 74 heavy (non-hydrogen) atoms. The molecule has 3 aliphatic heterocycles. The van der Waals surface area contributed by atoms with Crippen molar-refractivity contribution >= 4 is 108 Å². The molecule has 2 saturated heterocycles. The lowest BCUT2D eigenvalue weighted by atomic mass is 9.84. The van der Waals surface area contributed by atoms with E-state index in [9.17, 15) is 29.1 Å². The molecule has 21 heteroatoms. The Morgan fingerprint density at radius 1 is 1.00 bits per heavy atom. The molecule has 4 N–H and O–H groups in total. The molecule has 5 heterocycles. The van der Waals surface area contributed by atoms with Crippen LogP contribution in [0, 0.1) is 17.3 Å². The van der Waals surface area contributed by atoms with Gasteiger partial charge in [0.15, 0.2) is 0 Å². The summed E-state index contributed by atoms with van der Waals surface area (Å²) >= 11 is 0. The van der Waals surface area contributed by atoms with Crippen molar-refractivity contribution in [3.05, 3.63) is 71.5 Å². The smallest absolute Gasteiger partial charge is 0.324 e. The van der Waals surface area contributed by atoms with Gasteiger partial charge in [-0.15, -0.1) is 0 Å². The highest BCUT2D eigenvalue weighted by molar-refractivity contribution is 7.60. The summed E-state index contributed by atoms with van der Waals surface area (Å²) in [5.74, 6) is -2.71. The molecule has 2 fully saturated rings. The number of carbonyl (C=O) groups is 5. The maximum Gasteiger partial charge on any atom is 0.324 e. The molecule has 3 aliphatic rings. The van der Waals surface area contributed by atoms with Gasteiger partial charge >= 0.3 is 5.97 Å². The molecular formula is C53H82N8O8S5. The highest BCUT2D eigenvalue weighted by atomic mass is 32.1. The Labute approximate surface area is 472 Å². The van der Waals surface area contributed by atoms with Crippen LogP contribution in [-0.4, -0.2) is 130 Å². The number of rotatable bonds is 11. The first-order chi connectivity index (χ1) is 32.7. The number of aromatic nitrogens is 2. The van der Waals surface area contributed by atoms with E-state index in [1.54, 1.807) is 58.3 Å². The summed E-state index contributed by atoms with van der Waals surface area (Å²) in [6.07, 6.45) is 3.42. The van der Waals surface area contributed by atoms with E-state index >= 15 is 0 Å². The van der Waals surface area contributed by atoms with Gasteiger partial charge in [0.25, 0.3) is 5.91 Å². The van der Waals surface area contributed by atoms with Crippen molar-refractivity contribution in [2.75, 3.05) is 47.4 Å². The minimum Gasteiger partial charge on any atom is -0.508 e. The van der Waals surface area contributed by atoms with Crippen molar-refractivity contribution < 1.29 is 38.6 Å². The normalized spacial score (nSPS) is 19.5. The molecule has 5 atom stereocenters. The second kappa shape index (κ2) is 27.3. The summed E-state index contributed by atoms with van der Waals surface area (Å²) < 4.78 is 14.2. The molecule has 412 valence electrons. The Hall–Kier alpha value is -4.09. The third-order valence-electron chi connectivity index (χ3n) is 14.3. The standard InChI is InChI=1S/C53H72N8O8.5H2S/c1-12-60-43-18-17-34-27-39(43)40(46(60)38-15-13-20-55-44(38)32(4)68-11)28-52(5,6)30-69-50(66)41-16-14-21-61(57-41)49(65)42(25-33-23-36(34)26-37(62)24-33)56-47(63)45(31(2)3)58(10)48(64)35-19-22-59(29-35)51(67)53(7,8)54-9;;;;;/h13,15,17-18,20,23-24,26-27,31-32,35,41-42,45,54,57,62H,12,14,16,19,21-22,25,28-30H2,1-11H3,(H,56,63);5*1H2/t32-,35-,41-,42-,45-;;;;;/m0...../s1. The molecule has 0 saturated carbocycles. The summed E-state index contributed by atoms with van der Waals surface area (Å²) in [5.41, 5.74) is 8.74. The quantitative estimate of drug-likeness (QED) is 0.123. The number of likely N-dealkylation sites (tertiary alicyclic amines) is 1. The molecule has 0 radical (unpaired) electrons. The first kappa shape index (κ1) is 66.0. The van der Waals surface area contributed by atoms with E-state index in [4.69, 9.17) is 14.5 Å². The minimum absolute atomic E-state index is 0. The lowest BCUT2D eigenvalue weighted by Gasteiger charge is -2.37. The Kier molecular flexibility index (Phi) is 24.3. The number of methoxy groups -OCH3 is 1. The number of amides is 4. The molecule has 0 unspecified atom stereocenters. The van der Waals surface area contributed by atoms with Crippen LogP contribution in [0.5, 0.6) is 5.75 Å². The van der Waals surface area contributed by atoms with Crippen molar-refractivity contribution in [3.8, 4) is 28.1 Å². The van der Waals surface area contributed by atoms with Gasteiger partial charge in [-0.3, -0.25) is 34.0 Å². The van der Waals surface area contributed by atoms with Crippen LogP contribution in [0.2, 0.25) is 0 Å². The molecule has 4 aromatic rings. The van der Waals surface area contributed by atoms with Gasteiger partial charge in [-0.25, -0.2) is 5.43 Å². The van der Waals surface area contributed by atoms with Crippen LogP contribution in [0.1, 0.15) is 97.6 Å². The number of carbonyl (C=O) groups excluding carboxylic acids is 5. The van der Waals surface area contributed by atoms with Crippen LogP contribution in [0.3, 0.4) is 0 Å². The maximum absolute atomic E-state index is 14.8. The first-order valence-corrected chi connectivity index (χ1v) is 24.4. The van der Waals surface area contributed by atoms with Crippen LogP contribution in [0.15, 0.2) is 54.7 Å². The molecule has 0 spiro atoms. The third kappa shape index (κ3) is 14.1. The molecule has 6 bridgehead atoms. The molecule has 2 aromatic carbocycles. The molecular weight excluding hydrogens is 1040 g/mol. The SMILES string of the molecule is CCn1c(-c2cccnc2[C@H](C)OC)c2c3cc(ccc31)-c1cc(O)cc(c1)C[C@H](NC(=O)[C@H](C(C)C)N(C)C(=O)[C@H]1CCN(C(=O)C(C)(C)NC)C1)C(=O)N1CCC[C@H](N1)C(=O)OCC(C)(C)C2.S.S.S.S.S. The number of benzene rings is 2. The fourth-order valence-corrected chi connectivity index (χ4v) is 10.3. The molecule has 4 amide bonds. The number of hydrazine groups is 1. The highest BCUT2D eigenvalue weighted by Crippen LogP contribution is 2.42. The van der Waals surface area contributed by atoms with Crippen LogP contribution in [0.4, 0.5) is 0 Å². The van der Waals surface area contributed by atoms with Crippen LogP contribution < -0.4 is 16.1 Å². The third-order valence-corrected chi connectivity index (χ3v) is 14.3. The average molecular weight is 1120 g/mol. The number of fused-ring (bicyclic) bond motifs is 6. The predicted octanol–water partition coefficient (Wildman–Crippen LogP) is 6.35. The zero-order chi connectivity index (χ0) is 50.1. The largest absolute Gasteiger partial charge is 0.508 e. The van der Waals surface area contributed by atoms with E-state index in [0.717, 1.165) is 39.0 Å². The Morgan fingerprint density at radius 3 is 2.35 bits per heavy atom. The Balaban J connectivity index is 0.00000375. The second-order valence-electron chi connectivity index (χ2n) is 20.8. The summed E-state index contributed by atoms with van der Waals surface area (Å²) in [4.78, 5) is 78.7. The van der Waals surface area contributed by atoms with Crippen LogP contribution >= 0.6 is 67.5 Å². The van der Waals surface area contributed by atoms with E-state index < -0.39 is 52.8 Å². The minimum atomic E-state index is -1.17. The number of aromatic hydroxyl groups is 1. The van der Waals surface area contributed by atoms with Crippen molar-refractivity contribution in [3.63, 3.8) is 0 Å². The number of aryl methyl sites for hydroxylation is 1. The number of ether oxygens (including phenoxy) is 2. The first-order valence-electron chi connectivity index (χ1n) is 24.4. The lowest BCUT2D eigenvalue weighted by molar-refractivity contribution is -0.155. The number of hydrogen-bond acceptors (Lipinski definition) is 11. The number of cyclic esters (lactones) is 1. The van der Waals surface area contributed by atoms with Gasteiger partial charge in [-0.05, 0) is 125 Å². The predicted molar refractivity (Wildman–Crippen MR) is 316 cm³/mol. The zero-order valence-electron chi connectivity index (χ0n) is 44.8. The van der Waals surface area contributed by atoms with Gasteiger partial charge in [-0.1, -0.05) is 39.8 Å². The van der Waals surface area contributed by atoms with Crippen molar-refractivity contribution in [2.45, 2.75) is 124 Å². The number of hydrogen-bond donors (Lipinski definition) is 4. The van der Waals surface area contributed by atoms with E-state index in [0.29, 0.717) is 49.9 Å². The van der Waals surface area contributed by atoms with Gasteiger partial charge in [0.2, 0.25) is 17.7 Å². The molecule has 0 aliphatic carbocycles. The van der Waals surface area contributed by atoms with Gasteiger partial charge in [-0.2, -0.15) is 67.5 Å². The molecule has 7 rings (SSSR count). The highest BCUT2D eigenvalue weighted by Gasteiger charge is 2.42. The zero-order valence-corrected chi connectivity index (χ0v) is 49.8. The number of likely N-dealkylation sites (N-methyl/N-ethyl adjacent to an activating group) is 2. The average Bonchev–Trinajstić information content (AvgIpc) is 3.94. The summed E-state index contributed by atoms with van der Waals surface area (Å²) in [7, 11) is 4.99. The Morgan fingerprint density at radius 2 is 1.70 bits per heavy atom. The fourth-order valence-electron chi connectivity index (χ4n) is 10.3. The van der Waals surface area contributed by atoms with E-state index in [2.05, 4.69) is 59.6 Å². The number of phenols is 1. The number of pyridine rings is 1. The maximum atomic E-state index is 14.8. The fraction of sp³-hybridized carbons (Fsp3) is 0.547. The van der Waals surface area contributed by atoms with Gasteiger partial charge in [0.05, 0.1) is 35.6 Å². The monoisotopic (exact) mass is 1120 g/mol. The summed E-state index contributed by atoms with van der Waals surface area (Å²) in [5, 5.41) is 19.8. The molecule has 16 nitrogen and oxygen atoms in total. The number of esters is 1. The number of nitrogens with one attached hydrogen (secondary N) is 3. The van der Waals surface area contributed by atoms with E-state index in [1.165, 1.54) is 9.91 Å². The van der Waals surface area contributed by atoms with Crippen LogP contribution in [-0.2, 0) is 52.8 Å². The molecule has 2 aromatic heterocycles. The van der Waals surface area contributed by atoms with E-state index in [-0.39, 0.29) is 123 Å². The van der Waals surface area contributed by atoms with Gasteiger partial charge in [0, 0.05) is 74.8 Å². The number of nitrogens with zero attached hydrogens (tertiary/aromatic N) is 5. The summed E-state index contributed by atoms with van der Waals surface area (Å²) in [6, 6.07) is 12.5. The van der Waals surface area contributed by atoms with Gasteiger partial charge < -0.3 is 39.6 Å². The Bertz CT molecular complexity index is 2610. The van der Waals surface area contributed by atoms with Crippen LogP contribution in [0.25, 0.3) is 33.3 Å². The van der Waals surface area contributed by atoms with Crippen molar-refractivity contribution in [1.29, 1.82) is 0 Å².